The number of nitrogens with zero attached hydrogens (tertiary/aromatic N) is 1. The molecule has 0 bridgehead atoms. The number of benzene rings is 2. The van der Waals surface area contributed by atoms with Crippen LogP contribution in [-0.4, -0.2) is 16.9 Å². The first-order chi connectivity index (χ1) is 12.3. The highest BCUT2D eigenvalue weighted by Crippen LogP contribution is 2.23. The molecule has 0 spiro atoms. The number of nitrogens with one attached hydrogen (secondary N) is 1. The molecule has 0 aliphatic carbocycles. The molecule has 0 atom stereocenters. The van der Waals surface area contributed by atoms with Crippen LogP contribution in [0.2, 0.25) is 0 Å². The number of carbonyl (C=O) groups is 1. The monoisotopic (exact) mass is 360 g/mol. The van der Waals surface area contributed by atoms with E-state index in [0.29, 0.717) is 6.61 Å². The number of hydrogen-bond donors (Lipinski definition) is 1. The van der Waals surface area contributed by atoms with Gasteiger partial charge in [0, 0.05) is 18.2 Å². The van der Waals surface area contributed by atoms with E-state index in [-0.39, 0.29) is 23.8 Å². The molecule has 0 aliphatic heterocycles. The largest absolute Gasteiger partial charge is 0.374 e. The van der Waals surface area contributed by atoms with Gasteiger partial charge < -0.3 is 10.1 Å². The van der Waals surface area contributed by atoms with E-state index < -0.39 is 22.3 Å². The highest BCUT2D eigenvalue weighted by molar-refractivity contribution is 5.95. The zero-order valence-corrected chi connectivity index (χ0v) is 14.9. The van der Waals surface area contributed by atoms with E-state index in [1.807, 2.05) is 38.1 Å². The molecule has 0 aliphatic rings. The third kappa shape index (κ3) is 4.86. The first-order valence-corrected chi connectivity index (χ1v) is 8.20. The molecule has 26 heavy (non-hydrogen) atoms. The van der Waals surface area contributed by atoms with Gasteiger partial charge in [0.15, 0.2) is 0 Å². The predicted octanol–water partition coefficient (Wildman–Crippen LogP) is 3.90. The Morgan fingerprint density at radius 1 is 1.27 bits per heavy atom. The van der Waals surface area contributed by atoms with Crippen molar-refractivity contribution >= 4 is 11.6 Å². The Bertz CT molecular complexity index is 821. The number of rotatable bonds is 7. The van der Waals surface area contributed by atoms with E-state index >= 15 is 0 Å². The van der Waals surface area contributed by atoms with Crippen LogP contribution in [0.1, 0.15) is 40.9 Å². The average Bonchev–Trinajstić information content (AvgIpc) is 2.60. The molecule has 7 heteroatoms. The summed E-state index contributed by atoms with van der Waals surface area (Å²) in [6.07, 6.45) is 0.0775. The summed E-state index contributed by atoms with van der Waals surface area (Å²) >= 11 is 0. The van der Waals surface area contributed by atoms with Gasteiger partial charge >= 0.3 is 0 Å². The lowest BCUT2D eigenvalue weighted by atomic mass is 10.1. The maximum atomic E-state index is 13.9. The smallest absolute Gasteiger partial charge is 0.276 e. The van der Waals surface area contributed by atoms with Gasteiger partial charge in [-0.1, -0.05) is 24.3 Å². The van der Waals surface area contributed by atoms with E-state index in [2.05, 4.69) is 5.32 Å². The third-order valence-electron chi connectivity index (χ3n) is 3.91. The van der Waals surface area contributed by atoms with Crippen LogP contribution in [0, 0.1) is 22.9 Å². The van der Waals surface area contributed by atoms with Gasteiger partial charge in [-0.2, -0.15) is 0 Å². The highest BCUT2D eigenvalue weighted by atomic mass is 19.1. The molecule has 0 saturated heterocycles. The second kappa shape index (κ2) is 8.53. The summed E-state index contributed by atoms with van der Waals surface area (Å²) in [4.78, 5) is 22.6. The first-order valence-electron chi connectivity index (χ1n) is 8.20. The van der Waals surface area contributed by atoms with Crippen LogP contribution in [0.3, 0.4) is 0 Å². The molecule has 0 aromatic heterocycles. The van der Waals surface area contributed by atoms with Crippen molar-refractivity contribution in [2.24, 2.45) is 0 Å². The van der Waals surface area contributed by atoms with E-state index in [4.69, 9.17) is 4.74 Å². The Morgan fingerprint density at radius 3 is 2.54 bits per heavy atom. The molecule has 138 valence electrons. The summed E-state index contributed by atoms with van der Waals surface area (Å²) in [5.41, 5.74) is 1.20. The minimum Gasteiger partial charge on any atom is -0.374 e. The summed E-state index contributed by atoms with van der Waals surface area (Å²) < 4.78 is 19.5. The summed E-state index contributed by atoms with van der Waals surface area (Å²) in [6.45, 7) is 5.79. The lowest BCUT2D eigenvalue weighted by Crippen LogP contribution is -2.24. The molecule has 2 aromatic carbocycles. The molecule has 2 aromatic rings. The highest BCUT2D eigenvalue weighted by Gasteiger charge is 2.19. The molecule has 2 rings (SSSR count). The Kier molecular flexibility index (Phi) is 6.41. The van der Waals surface area contributed by atoms with Crippen molar-refractivity contribution in [3.05, 3.63) is 74.6 Å². The predicted molar refractivity (Wildman–Crippen MR) is 95.3 cm³/mol. The van der Waals surface area contributed by atoms with Gasteiger partial charge in [0.25, 0.3) is 11.6 Å². The topological polar surface area (TPSA) is 81.5 Å². The average molecular weight is 360 g/mol. The summed E-state index contributed by atoms with van der Waals surface area (Å²) in [5.74, 6) is -1.36. The second-order valence-corrected chi connectivity index (χ2v) is 6.17. The molecule has 0 radical (unpaired) electrons. The van der Waals surface area contributed by atoms with Crippen LogP contribution in [0.4, 0.5) is 10.1 Å². The summed E-state index contributed by atoms with van der Waals surface area (Å²) in [6, 6.07) is 9.57. The Morgan fingerprint density at radius 2 is 1.92 bits per heavy atom. The minimum absolute atomic E-state index is 0.0775. The van der Waals surface area contributed by atoms with E-state index in [1.54, 1.807) is 0 Å². The van der Waals surface area contributed by atoms with E-state index in [0.717, 1.165) is 23.3 Å². The van der Waals surface area contributed by atoms with Crippen molar-refractivity contribution in [1.29, 1.82) is 0 Å². The van der Waals surface area contributed by atoms with Crippen molar-refractivity contribution in [2.75, 3.05) is 0 Å². The minimum atomic E-state index is -0.782. The van der Waals surface area contributed by atoms with Gasteiger partial charge in [-0.25, -0.2) is 4.39 Å². The van der Waals surface area contributed by atoms with Crippen LogP contribution in [0.15, 0.2) is 36.4 Å². The fourth-order valence-corrected chi connectivity index (χ4v) is 2.39. The Hall–Kier alpha value is -2.80. The molecule has 1 N–H and O–H groups in total. The number of halogens is 1. The normalized spacial score (nSPS) is 10.8. The SMILES string of the molecule is Cc1c(F)cc(C(=O)NCc2ccccc2COC(C)C)cc1[N+](=O)[O-]. The third-order valence-corrected chi connectivity index (χ3v) is 3.91. The van der Waals surface area contributed by atoms with Gasteiger partial charge in [-0.15, -0.1) is 0 Å². The van der Waals surface area contributed by atoms with Gasteiger partial charge in [0.2, 0.25) is 0 Å². The first kappa shape index (κ1) is 19.5. The van der Waals surface area contributed by atoms with Gasteiger partial charge in [-0.05, 0) is 38.0 Å². The summed E-state index contributed by atoms with van der Waals surface area (Å²) in [7, 11) is 0. The van der Waals surface area contributed by atoms with Gasteiger partial charge in [0.1, 0.15) is 5.82 Å². The summed E-state index contributed by atoms with van der Waals surface area (Å²) in [5, 5.41) is 13.7. The van der Waals surface area contributed by atoms with Crippen LogP contribution < -0.4 is 5.32 Å². The Labute approximate surface area is 151 Å². The fraction of sp³-hybridized carbons (Fsp3) is 0.316. The molecule has 6 nitrogen and oxygen atoms in total. The molecule has 0 unspecified atom stereocenters. The zero-order valence-electron chi connectivity index (χ0n) is 14.9. The van der Waals surface area contributed by atoms with Crippen LogP contribution in [0.5, 0.6) is 0 Å². The van der Waals surface area contributed by atoms with Crippen LogP contribution in [0.25, 0.3) is 0 Å². The van der Waals surface area contributed by atoms with Crippen molar-refractivity contribution < 1.29 is 18.8 Å². The number of carbonyl (C=O) groups excluding carboxylic acids is 1. The molecular weight excluding hydrogens is 339 g/mol. The second-order valence-electron chi connectivity index (χ2n) is 6.17. The van der Waals surface area contributed by atoms with Crippen LogP contribution in [-0.2, 0) is 17.9 Å². The van der Waals surface area contributed by atoms with Crippen molar-refractivity contribution in [2.45, 2.75) is 40.0 Å². The number of ether oxygens (including phenoxy) is 1. The lowest BCUT2D eigenvalue weighted by molar-refractivity contribution is -0.385. The molecule has 0 heterocycles. The Balaban J connectivity index is 2.14. The van der Waals surface area contributed by atoms with Crippen molar-refractivity contribution in [3.63, 3.8) is 0 Å². The van der Waals surface area contributed by atoms with E-state index in [1.165, 1.54) is 6.92 Å². The fourth-order valence-electron chi connectivity index (χ4n) is 2.39. The standard InChI is InChI=1S/C19H21FN2O4/c1-12(2)26-11-15-7-5-4-6-14(15)10-21-19(23)16-8-17(20)13(3)18(9-16)22(24)25/h4-9,12H,10-11H2,1-3H3,(H,21,23). The van der Waals surface area contributed by atoms with Crippen molar-refractivity contribution in [1.82, 2.24) is 5.32 Å². The number of nitro groups is 1. The molecule has 0 saturated carbocycles. The molecule has 0 fully saturated rings. The number of amides is 1. The molecule has 1 amide bonds. The number of hydrogen-bond acceptors (Lipinski definition) is 4. The quantitative estimate of drug-likeness (QED) is 0.600. The van der Waals surface area contributed by atoms with E-state index in [9.17, 15) is 19.3 Å². The maximum absolute atomic E-state index is 13.9. The van der Waals surface area contributed by atoms with Crippen LogP contribution >= 0.6 is 0 Å². The zero-order chi connectivity index (χ0) is 19.3. The van der Waals surface area contributed by atoms with Crippen molar-refractivity contribution in [3.8, 4) is 0 Å². The lowest BCUT2D eigenvalue weighted by Gasteiger charge is -2.13. The van der Waals surface area contributed by atoms with Gasteiger partial charge in [0.05, 0.1) is 23.2 Å². The molecular formula is C19H21FN2O4. The van der Waals surface area contributed by atoms with Gasteiger partial charge in [-0.3, -0.25) is 14.9 Å². The maximum Gasteiger partial charge on any atom is 0.276 e. The number of nitro benzene ring substituents is 1.